The van der Waals surface area contributed by atoms with Gasteiger partial charge in [-0.25, -0.2) is 18.0 Å². The molecule has 184 valence electrons. The number of aromatic nitrogens is 1. The van der Waals surface area contributed by atoms with Crippen LogP contribution in [0.25, 0.3) is 0 Å². The number of aryl methyl sites for hydroxylation is 1. The summed E-state index contributed by atoms with van der Waals surface area (Å²) in [5, 5.41) is 0. The Kier molecular flexibility index (Phi) is 7.93. The van der Waals surface area contributed by atoms with Crippen molar-refractivity contribution in [3.63, 3.8) is 0 Å². The number of rotatable bonds is 7. The van der Waals surface area contributed by atoms with Crippen molar-refractivity contribution in [3.8, 4) is 0 Å². The van der Waals surface area contributed by atoms with Crippen LogP contribution in [0.3, 0.4) is 0 Å². The van der Waals surface area contributed by atoms with Crippen LogP contribution in [0.2, 0.25) is 0 Å². The zero-order chi connectivity index (χ0) is 25.0. The molecule has 0 spiro atoms. The van der Waals surface area contributed by atoms with Gasteiger partial charge in [0, 0.05) is 18.8 Å². The minimum Gasteiger partial charge on any atom is -0.465 e. The molecule has 2 heterocycles. The number of nitrogens with one attached hydrogen (secondary N) is 1. The average molecular weight is 491 g/mol. The van der Waals surface area contributed by atoms with Gasteiger partial charge in [-0.3, -0.25) is 4.79 Å². The monoisotopic (exact) mass is 490 g/mol. The first-order valence-electron chi connectivity index (χ1n) is 11.2. The Hall–Kier alpha value is -2.98. The first-order chi connectivity index (χ1) is 16.1. The number of sulfonamides is 1. The summed E-state index contributed by atoms with van der Waals surface area (Å²) in [5.74, 6) is -1.90. The van der Waals surface area contributed by atoms with E-state index in [0.29, 0.717) is 24.3 Å². The summed E-state index contributed by atoms with van der Waals surface area (Å²) in [6.45, 7) is 5.57. The first-order valence-corrected chi connectivity index (χ1v) is 12.6. The third kappa shape index (κ3) is 5.23. The molecule has 1 saturated heterocycles. The Morgan fingerprint density at radius 3 is 2.29 bits per heavy atom. The number of hydrogen-bond acceptors (Lipinski definition) is 7. The average Bonchev–Trinajstić information content (AvgIpc) is 2.99. The molecule has 3 rings (SSSR count). The number of H-pyrrole nitrogens is 1. The van der Waals surface area contributed by atoms with Crippen LogP contribution in [0.5, 0.6) is 0 Å². The van der Waals surface area contributed by atoms with E-state index in [4.69, 9.17) is 9.47 Å². The summed E-state index contributed by atoms with van der Waals surface area (Å²) in [5.41, 5.74) is 1.32. The number of Topliss-reactive ketones (excluding diaryl/α,β-unsaturated/α-hetero) is 1. The van der Waals surface area contributed by atoms with Crippen molar-refractivity contribution in [1.29, 1.82) is 0 Å². The summed E-state index contributed by atoms with van der Waals surface area (Å²) < 4.78 is 37.7. The summed E-state index contributed by atoms with van der Waals surface area (Å²) in [6.07, 6.45) is 2.42. The molecular formula is C24H30N2O7S. The highest BCUT2D eigenvalue weighted by Crippen LogP contribution is 2.23. The molecule has 0 amide bonds. The second kappa shape index (κ2) is 10.5. The lowest BCUT2D eigenvalue weighted by molar-refractivity contribution is 0.0316. The van der Waals surface area contributed by atoms with Crippen molar-refractivity contribution in [2.24, 2.45) is 0 Å². The maximum Gasteiger partial charge on any atom is 0.339 e. The van der Waals surface area contributed by atoms with Crippen LogP contribution in [0, 0.1) is 13.8 Å². The maximum atomic E-state index is 13.1. The standard InChI is InChI=1S/C24H30N2O7S/c1-15-20(24(29)32-4)16(2)25-21(15)22(27)17(3)33-23(28)18-10-9-11-19(14-18)34(30,31)26-12-7-5-6-8-13-26/h9-11,14,17,25H,5-8,12-13H2,1-4H3. The summed E-state index contributed by atoms with van der Waals surface area (Å²) in [6, 6.07) is 5.65. The largest absolute Gasteiger partial charge is 0.465 e. The van der Waals surface area contributed by atoms with Gasteiger partial charge in [0.2, 0.25) is 15.8 Å². The lowest BCUT2D eigenvalue weighted by Gasteiger charge is -2.20. The van der Waals surface area contributed by atoms with Gasteiger partial charge in [-0.05, 0) is 57.4 Å². The van der Waals surface area contributed by atoms with Gasteiger partial charge in [0.25, 0.3) is 0 Å². The van der Waals surface area contributed by atoms with Gasteiger partial charge in [-0.15, -0.1) is 0 Å². The van der Waals surface area contributed by atoms with Crippen molar-refractivity contribution < 1.29 is 32.3 Å². The number of ketones is 1. The first kappa shape index (κ1) is 25.6. The van der Waals surface area contributed by atoms with Crippen molar-refractivity contribution in [2.75, 3.05) is 20.2 Å². The lowest BCUT2D eigenvalue weighted by Crippen LogP contribution is -2.32. The molecule has 1 aliphatic heterocycles. The number of carbonyl (C=O) groups excluding carboxylic acids is 3. The van der Waals surface area contributed by atoms with E-state index >= 15 is 0 Å². The molecule has 1 atom stereocenters. The number of nitrogens with zero attached hydrogens (tertiary/aromatic N) is 1. The fourth-order valence-corrected chi connectivity index (χ4v) is 5.67. The van der Waals surface area contributed by atoms with Crippen LogP contribution in [0.1, 0.15) is 75.1 Å². The topological polar surface area (TPSA) is 123 Å². The molecule has 1 unspecified atom stereocenters. The number of benzene rings is 1. The molecule has 10 heteroatoms. The van der Waals surface area contributed by atoms with Gasteiger partial charge >= 0.3 is 11.9 Å². The van der Waals surface area contributed by atoms with E-state index in [-0.39, 0.29) is 21.7 Å². The molecule has 2 aromatic rings. The van der Waals surface area contributed by atoms with Crippen molar-refractivity contribution in [1.82, 2.24) is 9.29 Å². The van der Waals surface area contributed by atoms with Gasteiger partial charge in [-0.2, -0.15) is 4.31 Å². The predicted molar refractivity (Wildman–Crippen MR) is 124 cm³/mol. The van der Waals surface area contributed by atoms with Crippen LogP contribution < -0.4 is 0 Å². The van der Waals surface area contributed by atoms with Crippen LogP contribution in [0.4, 0.5) is 0 Å². The van der Waals surface area contributed by atoms with E-state index in [1.807, 2.05) is 0 Å². The minimum atomic E-state index is -3.74. The van der Waals surface area contributed by atoms with E-state index in [2.05, 4.69) is 4.98 Å². The van der Waals surface area contributed by atoms with Gasteiger partial charge < -0.3 is 14.5 Å². The van der Waals surface area contributed by atoms with E-state index in [0.717, 1.165) is 25.7 Å². The number of methoxy groups -OCH3 is 1. The molecule has 34 heavy (non-hydrogen) atoms. The van der Waals surface area contributed by atoms with Crippen LogP contribution >= 0.6 is 0 Å². The molecule has 9 nitrogen and oxygen atoms in total. The fourth-order valence-electron chi connectivity index (χ4n) is 4.10. The van der Waals surface area contributed by atoms with E-state index in [1.54, 1.807) is 13.8 Å². The van der Waals surface area contributed by atoms with E-state index < -0.39 is 33.8 Å². The van der Waals surface area contributed by atoms with Gasteiger partial charge in [0.15, 0.2) is 6.10 Å². The zero-order valence-electron chi connectivity index (χ0n) is 19.8. The van der Waals surface area contributed by atoms with Gasteiger partial charge in [0.1, 0.15) is 0 Å². The van der Waals surface area contributed by atoms with Crippen LogP contribution in [-0.2, 0) is 19.5 Å². The number of hydrogen-bond donors (Lipinski definition) is 1. The Balaban J connectivity index is 1.77. The molecule has 1 aromatic carbocycles. The van der Waals surface area contributed by atoms with Gasteiger partial charge in [-0.1, -0.05) is 18.9 Å². The molecule has 0 bridgehead atoms. The minimum absolute atomic E-state index is 0.0152. The lowest BCUT2D eigenvalue weighted by atomic mass is 10.1. The molecule has 1 fully saturated rings. The molecule has 1 aliphatic rings. The number of ether oxygens (including phenoxy) is 2. The van der Waals surface area contributed by atoms with E-state index in [9.17, 15) is 22.8 Å². The molecule has 0 saturated carbocycles. The highest BCUT2D eigenvalue weighted by Gasteiger charge is 2.29. The highest BCUT2D eigenvalue weighted by atomic mass is 32.2. The van der Waals surface area contributed by atoms with Crippen LogP contribution in [-0.4, -0.2) is 61.7 Å². The second-order valence-electron chi connectivity index (χ2n) is 8.37. The second-order valence-corrected chi connectivity index (χ2v) is 10.3. The molecule has 0 radical (unpaired) electrons. The highest BCUT2D eigenvalue weighted by molar-refractivity contribution is 7.89. The number of aromatic amines is 1. The fraction of sp³-hybridized carbons (Fsp3) is 0.458. The molecular weight excluding hydrogens is 460 g/mol. The quantitative estimate of drug-likeness (QED) is 0.466. The summed E-state index contributed by atoms with van der Waals surface area (Å²) in [7, 11) is -2.49. The van der Waals surface area contributed by atoms with Crippen LogP contribution in [0.15, 0.2) is 29.2 Å². The Morgan fingerprint density at radius 2 is 1.68 bits per heavy atom. The molecule has 1 N–H and O–H groups in total. The summed E-state index contributed by atoms with van der Waals surface area (Å²) >= 11 is 0. The zero-order valence-corrected chi connectivity index (χ0v) is 20.7. The summed E-state index contributed by atoms with van der Waals surface area (Å²) in [4.78, 5) is 40.5. The SMILES string of the molecule is COC(=O)c1c(C)[nH]c(C(=O)C(C)OC(=O)c2cccc(S(=O)(=O)N3CCCCCC3)c2)c1C. The normalized spacial score (nSPS) is 15.9. The smallest absolute Gasteiger partial charge is 0.339 e. The Labute approximate surface area is 199 Å². The van der Waals surface area contributed by atoms with Crippen molar-refractivity contribution in [2.45, 2.75) is 57.5 Å². The Bertz CT molecular complexity index is 1190. The third-order valence-corrected chi connectivity index (χ3v) is 7.89. The Morgan fingerprint density at radius 1 is 1.03 bits per heavy atom. The number of esters is 2. The maximum absolute atomic E-state index is 13.1. The number of carbonyl (C=O) groups is 3. The predicted octanol–water partition coefficient (Wildman–Crippen LogP) is 3.41. The van der Waals surface area contributed by atoms with E-state index in [1.165, 1.54) is 42.6 Å². The third-order valence-electron chi connectivity index (χ3n) is 6.00. The van der Waals surface area contributed by atoms with Crippen molar-refractivity contribution >= 4 is 27.7 Å². The van der Waals surface area contributed by atoms with Gasteiger partial charge in [0.05, 0.1) is 28.8 Å². The van der Waals surface area contributed by atoms with Crippen molar-refractivity contribution in [3.05, 3.63) is 52.3 Å². The molecule has 0 aliphatic carbocycles. The molecule has 1 aromatic heterocycles.